The Hall–Kier alpha value is -3.30. The highest BCUT2D eigenvalue weighted by Crippen LogP contribution is 2.32. The number of ketones is 1. The Bertz CT molecular complexity index is 1350. The molecule has 0 atom stereocenters. The molecule has 0 fully saturated rings. The normalized spacial score (nSPS) is 11.2. The average molecular weight is 570 g/mol. The van der Waals surface area contributed by atoms with Crippen molar-refractivity contribution < 1.29 is 27.5 Å². The molecule has 0 aliphatic rings. The largest absolute Gasteiger partial charge is 0.493 e. The minimum atomic E-state index is -3.82. The van der Waals surface area contributed by atoms with Gasteiger partial charge < -0.3 is 9.47 Å². The Morgan fingerprint density at radius 2 is 1.36 bits per heavy atom. The Morgan fingerprint density at radius 1 is 0.769 bits per heavy atom. The molecule has 208 valence electrons. The summed E-state index contributed by atoms with van der Waals surface area (Å²) in [5, 5.41) is 0. The van der Waals surface area contributed by atoms with Crippen LogP contribution in [0.1, 0.15) is 54.1 Å². The number of methoxy groups -OCH3 is 2. The van der Waals surface area contributed by atoms with E-state index < -0.39 is 21.7 Å². The number of Topliss-reactive ketones (excluding diaryl/α,β-unsaturated/α-hetero) is 1. The first-order valence-electron chi connectivity index (χ1n) is 12.8. The van der Waals surface area contributed by atoms with E-state index in [1.807, 2.05) is 29.8 Å². The summed E-state index contributed by atoms with van der Waals surface area (Å²) in [6.07, 6.45) is 3.14. The quantitative estimate of drug-likeness (QED) is 0.136. The molecule has 9 heteroatoms. The van der Waals surface area contributed by atoms with Crippen LogP contribution in [0.2, 0.25) is 0 Å². The molecule has 3 aromatic rings. The van der Waals surface area contributed by atoms with Crippen LogP contribution in [0.15, 0.2) is 66.7 Å². The number of sulfonamides is 1. The van der Waals surface area contributed by atoms with Gasteiger partial charge in [-0.3, -0.25) is 9.59 Å². The summed E-state index contributed by atoms with van der Waals surface area (Å²) in [6.45, 7) is 2.03. The van der Waals surface area contributed by atoms with Gasteiger partial charge in [0.1, 0.15) is 0 Å². The number of amides is 1. The molecule has 0 aliphatic heterocycles. The van der Waals surface area contributed by atoms with Crippen LogP contribution in [0.5, 0.6) is 11.5 Å². The third-order valence-corrected chi connectivity index (χ3v) is 8.54. The van der Waals surface area contributed by atoms with Crippen molar-refractivity contribution in [2.45, 2.75) is 44.1 Å². The standard InChI is InChI=1S/C30H35NO6S2/c1-4-5-6-7-18-39(34,35)31-30(33)29(32)25-14-10-23(11-15-25)21-38-20-22-8-12-24(13-9-22)26-16-17-27(36-2)28(19-26)37-3/h8-17,19H,4-7,18,20-21H2,1-3H3,(H,31,33). The van der Waals surface area contributed by atoms with Gasteiger partial charge in [-0.25, -0.2) is 13.1 Å². The average Bonchev–Trinajstić information content (AvgIpc) is 2.95. The highest BCUT2D eigenvalue weighted by Gasteiger charge is 2.22. The lowest BCUT2D eigenvalue weighted by molar-refractivity contribution is -0.115. The van der Waals surface area contributed by atoms with Gasteiger partial charge in [0.2, 0.25) is 10.0 Å². The second-order valence-electron chi connectivity index (χ2n) is 9.10. The van der Waals surface area contributed by atoms with E-state index in [0.717, 1.165) is 47.5 Å². The first kappa shape index (κ1) is 30.2. The van der Waals surface area contributed by atoms with Gasteiger partial charge in [0.15, 0.2) is 11.5 Å². The van der Waals surface area contributed by atoms with Crippen molar-refractivity contribution in [3.8, 4) is 22.6 Å². The van der Waals surface area contributed by atoms with E-state index in [1.54, 1.807) is 50.2 Å². The number of carbonyl (C=O) groups excluding carboxylic acids is 2. The molecule has 0 unspecified atom stereocenters. The minimum absolute atomic E-state index is 0.160. The monoisotopic (exact) mass is 569 g/mol. The number of unbranched alkanes of at least 4 members (excludes halogenated alkanes) is 3. The number of rotatable bonds is 15. The van der Waals surface area contributed by atoms with Crippen LogP contribution in [0.25, 0.3) is 11.1 Å². The smallest absolute Gasteiger partial charge is 0.305 e. The summed E-state index contributed by atoms with van der Waals surface area (Å²) >= 11 is 1.73. The molecule has 0 saturated heterocycles. The van der Waals surface area contributed by atoms with Gasteiger partial charge in [-0.05, 0) is 40.8 Å². The van der Waals surface area contributed by atoms with Crippen molar-refractivity contribution in [3.05, 3.63) is 83.4 Å². The maximum atomic E-state index is 12.4. The summed E-state index contributed by atoms with van der Waals surface area (Å²) in [6, 6.07) is 20.9. The zero-order valence-corrected chi connectivity index (χ0v) is 24.2. The third-order valence-electron chi connectivity index (χ3n) is 6.15. The molecule has 1 N–H and O–H groups in total. The Kier molecular flexibility index (Phi) is 11.4. The maximum Gasteiger partial charge on any atom is 0.305 e. The summed E-state index contributed by atoms with van der Waals surface area (Å²) in [4.78, 5) is 24.6. The van der Waals surface area contributed by atoms with Crippen molar-refractivity contribution >= 4 is 33.5 Å². The van der Waals surface area contributed by atoms with Crippen LogP contribution in [-0.2, 0) is 26.3 Å². The number of carbonyl (C=O) groups is 2. The van der Waals surface area contributed by atoms with E-state index in [4.69, 9.17) is 9.47 Å². The van der Waals surface area contributed by atoms with Gasteiger partial charge in [0.05, 0.1) is 20.0 Å². The van der Waals surface area contributed by atoms with E-state index in [9.17, 15) is 18.0 Å². The van der Waals surface area contributed by atoms with Crippen LogP contribution in [-0.4, -0.2) is 40.1 Å². The number of hydrogen-bond donors (Lipinski definition) is 1. The van der Waals surface area contributed by atoms with Crippen LogP contribution < -0.4 is 14.2 Å². The lowest BCUT2D eigenvalue weighted by atomic mass is 10.0. The number of hydrogen-bond acceptors (Lipinski definition) is 7. The predicted molar refractivity (Wildman–Crippen MR) is 157 cm³/mol. The predicted octanol–water partition coefficient (Wildman–Crippen LogP) is 6.01. The third kappa shape index (κ3) is 9.14. The zero-order valence-electron chi connectivity index (χ0n) is 22.6. The highest BCUT2D eigenvalue weighted by atomic mass is 32.2. The molecule has 0 saturated carbocycles. The fourth-order valence-electron chi connectivity index (χ4n) is 3.94. The van der Waals surface area contributed by atoms with Gasteiger partial charge in [0.25, 0.3) is 5.78 Å². The van der Waals surface area contributed by atoms with Gasteiger partial charge in [-0.15, -0.1) is 0 Å². The molecular weight excluding hydrogens is 534 g/mol. The molecule has 1 amide bonds. The fraction of sp³-hybridized carbons (Fsp3) is 0.333. The van der Waals surface area contributed by atoms with Crippen molar-refractivity contribution in [3.63, 3.8) is 0 Å². The molecule has 0 aliphatic carbocycles. The molecule has 0 spiro atoms. The lowest BCUT2D eigenvalue weighted by Crippen LogP contribution is -2.37. The Balaban J connectivity index is 1.49. The molecule has 3 aromatic carbocycles. The van der Waals surface area contributed by atoms with E-state index in [-0.39, 0.29) is 11.3 Å². The first-order valence-corrected chi connectivity index (χ1v) is 15.6. The van der Waals surface area contributed by atoms with Gasteiger partial charge in [-0.1, -0.05) is 80.8 Å². The van der Waals surface area contributed by atoms with Crippen molar-refractivity contribution in [1.82, 2.24) is 4.72 Å². The summed E-state index contributed by atoms with van der Waals surface area (Å²) < 4.78 is 36.7. The van der Waals surface area contributed by atoms with Crippen LogP contribution in [0.4, 0.5) is 0 Å². The van der Waals surface area contributed by atoms with Crippen LogP contribution in [0, 0.1) is 0 Å². The van der Waals surface area contributed by atoms with Crippen molar-refractivity contribution in [2.24, 2.45) is 0 Å². The van der Waals surface area contributed by atoms with Gasteiger partial charge in [0, 0.05) is 17.1 Å². The van der Waals surface area contributed by atoms with Crippen molar-refractivity contribution in [1.29, 1.82) is 0 Å². The number of benzene rings is 3. The second-order valence-corrected chi connectivity index (χ2v) is 11.9. The molecule has 0 aromatic heterocycles. The molecule has 0 radical (unpaired) electrons. The number of ether oxygens (including phenoxy) is 2. The number of nitrogens with one attached hydrogen (secondary N) is 1. The van der Waals surface area contributed by atoms with Gasteiger partial charge in [-0.2, -0.15) is 11.8 Å². The van der Waals surface area contributed by atoms with Crippen LogP contribution in [0.3, 0.4) is 0 Å². The topological polar surface area (TPSA) is 98.8 Å². The van der Waals surface area contributed by atoms with E-state index in [2.05, 4.69) is 24.3 Å². The summed E-state index contributed by atoms with van der Waals surface area (Å²) in [7, 11) is -0.587. The van der Waals surface area contributed by atoms with Gasteiger partial charge >= 0.3 is 5.91 Å². The molecule has 3 rings (SSSR count). The summed E-state index contributed by atoms with van der Waals surface area (Å²) in [5.41, 5.74) is 4.47. The van der Waals surface area contributed by atoms with Crippen molar-refractivity contribution in [2.75, 3.05) is 20.0 Å². The molecule has 0 heterocycles. The van der Waals surface area contributed by atoms with E-state index in [1.165, 1.54) is 5.56 Å². The number of thioether (sulfide) groups is 1. The lowest BCUT2D eigenvalue weighted by Gasteiger charge is -2.10. The Morgan fingerprint density at radius 3 is 1.95 bits per heavy atom. The first-order chi connectivity index (χ1) is 18.8. The molecule has 7 nitrogen and oxygen atoms in total. The molecular formula is C30H35NO6S2. The minimum Gasteiger partial charge on any atom is -0.493 e. The molecule has 0 bridgehead atoms. The Labute approximate surface area is 235 Å². The van der Waals surface area contributed by atoms with E-state index in [0.29, 0.717) is 17.9 Å². The fourth-order valence-corrected chi connectivity index (χ4v) is 5.96. The maximum absolute atomic E-state index is 12.4. The zero-order chi connectivity index (χ0) is 28.3. The highest BCUT2D eigenvalue weighted by molar-refractivity contribution is 7.97. The van der Waals surface area contributed by atoms with E-state index >= 15 is 0 Å². The van der Waals surface area contributed by atoms with Crippen LogP contribution >= 0.6 is 11.8 Å². The summed E-state index contributed by atoms with van der Waals surface area (Å²) in [5.74, 6) is 0.767. The second kappa shape index (κ2) is 14.7. The SMILES string of the molecule is CCCCCCS(=O)(=O)NC(=O)C(=O)c1ccc(CSCc2ccc(-c3ccc(OC)c(OC)c3)cc2)cc1. The molecule has 39 heavy (non-hydrogen) atoms.